The number of amides is 1. The fraction of sp³-hybridized carbons (Fsp3) is 0.271. The van der Waals surface area contributed by atoms with Gasteiger partial charge in [-0.3, -0.25) is 14.4 Å². The summed E-state index contributed by atoms with van der Waals surface area (Å²) in [5, 5.41) is 22.9. The summed E-state index contributed by atoms with van der Waals surface area (Å²) in [6.07, 6.45) is 5.99. The summed E-state index contributed by atoms with van der Waals surface area (Å²) in [4.78, 5) is 80.4. The molecule has 0 aliphatic rings. The number of aryl methyl sites for hydroxylation is 4. The number of esters is 2. The van der Waals surface area contributed by atoms with Crippen LogP contribution in [0.5, 0.6) is 0 Å². The number of hydrogen-bond donors (Lipinski definition) is 6. The molecule has 0 saturated heterocycles. The van der Waals surface area contributed by atoms with Crippen molar-refractivity contribution in [2.75, 3.05) is 13.2 Å². The Morgan fingerprint density at radius 3 is 1.08 bits per heavy atom. The second-order valence-corrected chi connectivity index (χ2v) is 30.1. The average molecular weight is 1810 g/mol. The van der Waals surface area contributed by atoms with E-state index in [1.807, 2.05) is 203 Å². The zero-order chi connectivity index (χ0) is 89.5. The molecule has 29 heteroatoms. The van der Waals surface area contributed by atoms with Gasteiger partial charge >= 0.3 is 47.5 Å². The Labute approximate surface area is 758 Å². The van der Waals surface area contributed by atoms with Gasteiger partial charge in [0.1, 0.15) is 23.3 Å². The number of benzene rings is 4. The molecule has 4 aromatic carbocycles. The van der Waals surface area contributed by atoms with Gasteiger partial charge in [-0.2, -0.15) is 0 Å². The number of ether oxygens (including phenoxy) is 5. The zero-order valence-corrected chi connectivity index (χ0v) is 76.8. The Hall–Kier alpha value is -11.1. The first-order valence-corrected chi connectivity index (χ1v) is 41.3. The summed E-state index contributed by atoms with van der Waals surface area (Å²) in [6, 6.07) is 51.5. The van der Waals surface area contributed by atoms with Crippen LogP contribution in [0.3, 0.4) is 0 Å². The van der Waals surface area contributed by atoms with Crippen LogP contribution >= 0.6 is 27.7 Å². The van der Waals surface area contributed by atoms with Crippen LogP contribution < -0.4 is 50.8 Å². The van der Waals surface area contributed by atoms with Crippen LogP contribution in [-0.4, -0.2) is 80.3 Å². The number of aromatic amines is 2. The minimum Gasteiger partial charge on any atom is -0.870 e. The van der Waals surface area contributed by atoms with E-state index in [2.05, 4.69) is 36.1 Å². The number of alkyl halides is 1. The van der Waals surface area contributed by atoms with E-state index < -0.39 is 12.1 Å². The number of carbonyl (C=O) groups excluding carboxylic acids is 3. The number of rotatable bonds is 24. The van der Waals surface area contributed by atoms with Gasteiger partial charge in [0.2, 0.25) is 0 Å². The van der Waals surface area contributed by atoms with Crippen molar-refractivity contribution < 1.29 is 106 Å². The SMILES string of the molecule is CCOC(=O)c1cc2cccn2c(C(C)O)c1C.CCOC(=O)c1cc2cccn2c(C(C)OCc2cccc(F)c2)c1C.Cc1c(C(=O)O)cc2cccn2c1C(C)OCc1cccc(F)c1.Cc1cc(C)c(CNC(=O)c2cc3cccn3c(C(C)OCc3cccc(F)c3)c2C)c(=O)[nH]1.Cc1cc(C)c(CNCl)c(=O)[nH]1.Fc1cccc(CBr)c1.[Na+].[OH-]. The largest absolute Gasteiger partial charge is 1.00 e. The van der Waals surface area contributed by atoms with Gasteiger partial charge in [0, 0.05) is 93.4 Å². The number of nitrogens with one attached hydrogen (secondary N) is 4. The Kier molecular flexibility index (Phi) is 38.7. The maximum atomic E-state index is 13.5. The number of nitrogens with zero attached hydrogens (tertiary/aromatic N) is 4. The van der Waals surface area contributed by atoms with Gasteiger partial charge in [-0.25, -0.2) is 36.8 Å². The maximum absolute atomic E-state index is 13.5. The van der Waals surface area contributed by atoms with Crippen molar-refractivity contribution in [2.24, 2.45) is 0 Å². The van der Waals surface area contributed by atoms with E-state index in [-0.39, 0.29) is 138 Å². The molecule has 125 heavy (non-hydrogen) atoms. The molecule has 10 heterocycles. The summed E-state index contributed by atoms with van der Waals surface area (Å²) in [5.74, 6) is -2.99. The fourth-order valence-electron chi connectivity index (χ4n) is 14.5. The van der Waals surface area contributed by atoms with Gasteiger partial charge in [0.05, 0.1) is 96.9 Å². The molecule has 22 nitrogen and oxygen atoms in total. The van der Waals surface area contributed by atoms with Crippen molar-refractivity contribution >= 4 is 73.6 Å². The molecule has 0 fully saturated rings. The van der Waals surface area contributed by atoms with Crippen molar-refractivity contribution in [2.45, 2.75) is 160 Å². The van der Waals surface area contributed by atoms with Crippen molar-refractivity contribution in [1.82, 2.24) is 37.7 Å². The summed E-state index contributed by atoms with van der Waals surface area (Å²) < 4.78 is 88.4. The number of fused-ring (bicyclic) bond motifs is 4. The summed E-state index contributed by atoms with van der Waals surface area (Å²) in [7, 11) is 0. The quantitative estimate of drug-likeness (QED) is 0.0108. The normalized spacial score (nSPS) is 11.8. The van der Waals surface area contributed by atoms with E-state index in [9.17, 15) is 56.5 Å². The molecule has 654 valence electrons. The predicted octanol–water partition coefficient (Wildman–Crippen LogP) is 17.4. The van der Waals surface area contributed by atoms with Gasteiger partial charge in [-0.1, -0.05) is 64.5 Å². The maximum Gasteiger partial charge on any atom is 1.00 e. The molecule has 1 amide bonds. The Morgan fingerprint density at radius 1 is 0.448 bits per heavy atom. The number of carbonyl (C=O) groups is 4. The molecule has 0 bridgehead atoms. The number of aliphatic hydroxyl groups excluding tert-OH is 1. The van der Waals surface area contributed by atoms with Crippen molar-refractivity contribution in [3.05, 3.63) is 374 Å². The number of pyridine rings is 6. The zero-order valence-electron chi connectivity index (χ0n) is 72.5. The van der Waals surface area contributed by atoms with E-state index in [0.717, 1.165) is 106 Å². The summed E-state index contributed by atoms with van der Waals surface area (Å²) in [5.41, 5.74) is 19.1. The van der Waals surface area contributed by atoms with E-state index >= 15 is 0 Å². The number of halogens is 6. The second-order valence-electron chi connectivity index (χ2n) is 29.3. The van der Waals surface area contributed by atoms with E-state index in [4.69, 9.17) is 35.5 Å². The number of aliphatic hydroxyl groups is 1. The van der Waals surface area contributed by atoms with Crippen LogP contribution in [0.2, 0.25) is 0 Å². The monoisotopic (exact) mass is 1800 g/mol. The molecular weight excluding hydrogens is 1700 g/mol. The molecular formula is C96H103BrClF4N8NaO14. The first-order chi connectivity index (χ1) is 58.7. The van der Waals surface area contributed by atoms with Crippen molar-refractivity contribution in [1.29, 1.82) is 0 Å². The van der Waals surface area contributed by atoms with Crippen LogP contribution in [0.15, 0.2) is 216 Å². The Bertz CT molecular complexity index is 6180. The first kappa shape index (κ1) is 101. The minimum absolute atomic E-state index is 0. The Morgan fingerprint density at radius 2 is 0.760 bits per heavy atom. The number of H-pyrrole nitrogens is 2. The molecule has 14 aromatic rings. The first-order valence-electron chi connectivity index (χ1n) is 39.8. The second kappa shape index (κ2) is 47.9. The van der Waals surface area contributed by atoms with Crippen LogP contribution in [0.1, 0.15) is 208 Å². The summed E-state index contributed by atoms with van der Waals surface area (Å²) in [6.45, 7) is 27.7. The number of aromatic nitrogens is 6. The predicted molar refractivity (Wildman–Crippen MR) is 475 cm³/mol. The van der Waals surface area contributed by atoms with Gasteiger partial charge in [0.15, 0.2) is 0 Å². The number of carboxylic acid groups (broad SMARTS) is 1. The number of aromatic carboxylic acids is 1. The molecule has 0 aliphatic carbocycles. The molecule has 10 aromatic heterocycles. The molecule has 7 N–H and O–H groups in total. The topological polar surface area (TPSA) is 292 Å². The van der Waals surface area contributed by atoms with Crippen LogP contribution in [0.4, 0.5) is 17.6 Å². The molecule has 0 radical (unpaired) electrons. The van der Waals surface area contributed by atoms with Gasteiger partial charge in [-0.05, 0) is 298 Å². The summed E-state index contributed by atoms with van der Waals surface area (Å²) >= 11 is 8.54. The molecule has 0 aliphatic heterocycles. The molecule has 14 rings (SSSR count). The van der Waals surface area contributed by atoms with Gasteiger partial charge in [-0.15, -0.1) is 0 Å². The van der Waals surface area contributed by atoms with E-state index in [1.165, 1.54) is 48.5 Å². The van der Waals surface area contributed by atoms with Crippen LogP contribution in [-0.2, 0) is 61.9 Å². The Balaban J connectivity index is 0.000000214. The third-order valence-corrected chi connectivity index (χ3v) is 21.1. The molecule has 4 atom stereocenters. The number of hydrogen-bond acceptors (Lipinski definition) is 14. The van der Waals surface area contributed by atoms with E-state index in [0.29, 0.717) is 58.5 Å². The van der Waals surface area contributed by atoms with Crippen molar-refractivity contribution in [3.63, 3.8) is 0 Å². The smallest absolute Gasteiger partial charge is 0.870 e. The average Bonchev–Trinajstić information content (AvgIpc) is 1.73. The standard InChI is InChI=1S/C27H28FN3O3.C21H22FNO3.C19H18FNO3.C14H17NO3.C8H11ClN2O.C7H6BrF.Na.H2O/c1-16-11-17(2)30-27(33)24(16)14-29-26(32)23-13-22-9-6-10-31(22)25(18(23)3)19(4)34-15-20-7-5-8-21(28)12-20;1-4-25-21(24)19-12-18-9-6-10-23(18)20(14(19)2)15(3)26-13-16-7-5-8-17(22)11-16;1-12-17(19(22)23)10-16-7-4-8-21(16)18(12)13(2)24-11-14-5-3-6-15(20)9-14;1-4-18-14(17)12-8-11-6-5-7-15(11)13(9(12)2)10(3)16;1-5-3-6(2)11-8(12)7(5)4-10-9;8-5-6-2-1-3-7(9)4-6;;/h5-13,19H,14-15H2,1-4H3,(H,29,32)(H,30,33);5-12,15H,4,13H2,1-3H3;3-10,13H,11H2,1-2H3,(H,22,23);5-8,10,16H,4H2,1-3H3;3,10H,4H2,1-2H3,(H,11,12);1-4H,5H2;;1H2/q;;;;;;+1;/p-1. The molecule has 4 unspecified atom stereocenters. The van der Waals surface area contributed by atoms with Crippen LogP contribution in [0.25, 0.3) is 22.1 Å². The minimum atomic E-state index is -0.963. The third-order valence-electron chi connectivity index (χ3n) is 20.4. The molecule has 0 spiro atoms. The van der Waals surface area contributed by atoms with Gasteiger partial charge in [0.25, 0.3) is 17.0 Å². The molecule has 0 saturated carbocycles. The third kappa shape index (κ3) is 26.8. The number of carboxylic acids is 1. The van der Waals surface area contributed by atoms with Crippen LogP contribution in [0, 0.1) is 78.7 Å². The van der Waals surface area contributed by atoms with Gasteiger partial charge < -0.3 is 72.3 Å². The van der Waals surface area contributed by atoms with Crippen molar-refractivity contribution in [3.8, 4) is 0 Å². The fourth-order valence-corrected chi connectivity index (χ4v) is 15.0. The van der Waals surface area contributed by atoms with E-state index in [1.54, 1.807) is 70.2 Å².